The predicted molar refractivity (Wildman–Crippen MR) is 123 cm³/mol. The largest absolute Gasteiger partial charge is 0.493 e. The lowest BCUT2D eigenvalue weighted by atomic mass is 10.1. The molecule has 4 rings (SSSR count). The van der Waals surface area contributed by atoms with Gasteiger partial charge in [-0.25, -0.2) is 4.79 Å². The molecule has 1 aliphatic heterocycles. The van der Waals surface area contributed by atoms with Crippen molar-refractivity contribution in [2.24, 2.45) is 14.1 Å². The number of nitrogens with zero attached hydrogens (tertiary/aromatic N) is 4. The summed E-state index contributed by atoms with van der Waals surface area (Å²) in [7, 11) is 6.38. The van der Waals surface area contributed by atoms with E-state index in [0.29, 0.717) is 28.9 Å². The van der Waals surface area contributed by atoms with Crippen LogP contribution in [0, 0.1) is 0 Å². The number of hydrogen-bond acceptors (Lipinski definition) is 6. The summed E-state index contributed by atoms with van der Waals surface area (Å²) in [6.07, 6.45) is 2.82. The first-order chi connectivity index (χ1) is 15.5. The molecule has 0 amide bonds. The third kappa shape index (κ3) is 3.93. The second kappa shape index (κ2) is 9.22. The van der Waals surface area contributed by atoms with Crippen molar-refractivity contribution >= 4 is 10.9 Å². The average molecular weight is 443 g/mol. The van der Waals surface area contributed by atoms with Crippen molar-refractivity contribution in [3.8, 4) is 22.8 Å². The molecule has 172 valence electrons. The van der Waals surface area contributed by atoms with Crippen molar-refractivity contribution in [3.63, 3.8) is 0 Å². The van der Waals surface area contributed by atoms with Gasteiger partial charge in [-0.3, -0.25) is 18.8 Å². The standard InChI is InChI=1S/C23H30N4O5/c1-24-17-15-27(9-5-8-26-10-12-32-13-11-26)21(20(17)22(28)25(2)23(24)29)16-6-7-18(30-3)19(14-16)31-4/h6-7,14-15H,5,8-13H2,1-4H3. The number of fused-ring (bicyclic) bond motifs is 1. The van der Waals surface area contributed by atoms with E-state index in [1.165, 1.54) is 11.6 Å². The highest BCUT2D eigenvalue weighted by Crippen LogP contribution is 2.35. The maximum atomic E-state index is 13.2. The van der Waals surface area contributed by atoms with Gasteiger partial charge >= 0.3 is 5.69 Å². The molecule has 3 heterocycles. The maximum absolute atomic E-state index is 13.2. The first kappa shape index (κ1) is 22.2. The number of aromatic nitrogens is 3. The van der Waals surface area contributed by atoms with Crippen LogP contribution in [0.1, 0.15) is 6.42 Å². The topological polar surface area (TPSA) is 79.9 Å². The molecule has 0 saturated carbocycles. The van der Waals surface area contributed by atoms with Gasteiger partial charge in [-0.15, -0.1) is 0 Å². The van der Waals surface area contributed by atoms with E-state index >= 15 is 0 Å². The molecule has 1 saturated heterocycles. The number of benzene rings is 1. The smallest absolute Gasteiger partial charge is 0.330 e. The van der Waals surface area contributed by atoms with E-state index in [0.717, 1.165) is 55.1 Å². The monoisotopic (exact) mass is 442 g/mol. The normalized spacial score (nSPS) is 14.8. The van der Waals surface area contributed by atoms with Crippen LogP contribution >= 0.6 is 0 Å². The summed E-state index contributed by atoms with van der Waals surface area (Å²) in [5.74, 6) is 1.20. The van der Waals surface area contributed by atoms with Crippen molar-refractivity contribution in [2.45, 2.75) is 13.0 Å². The quantitative estimate of drug-likeness (QED) is 0.551. The van der Waals surface area contributed by atoms with Crippen molar-refractivity contribution in [2.75, 3.05) is 47.1 Å². The Labute approximate surface area is 186 Å². The minimum Gasteiger partial charge on any atom is -0.493 e. The van der Waals surface area contributed by atoms with Crippen LogP contribution in [0.3, 0.4) is 0 Å². The molecule has 1 aliphatic rings. The first-order valence-corrected chi connectivity index (χ1v) is 10.8. The van der Waals surface area contributed by atoms with Crippen LogP contribution in [0.5, 0.6) is 11.5 Å². The zero-order valence-corrected chi connectivity index (χ0v) is 19.1. The van der Waals surface area contributed by atoms with Gasteiger partial charge in [0.1, 0.15) is 0 Å². The van der Waals surface area contributed by atoms with Crippen LogP contribution < -0.4 is 20.7 Å². The molecular formula is C23H30N4O5. The second-order valence-electron chi connectivity index (χ2n) is 8.01. The van der Waals surface area contributed by atoms with E-state index in [1.54, 1.807) is 21.3 Å². The molecule has 2 aromatic heterocycles. The highest BCUT2D eigenvalue weighted by Gasteiger charge is 2.21. The van der Waals surface area contributed by atoms with Gasteiger partial charge in [0.2, 0.25) is 0 Å². The van der Waals surface area contributed by atoms with Gasteiger partial charge in [-0.1, -0.05) is 0 Å². The number of methoxy groups -OCH3 is 2. The van der Waals surface area contributed by atoms with Crippen molar-refractivity contribution in [1.82, 2.24) is 18.6 Å². The molecule has 0 bridgehead atoms. The van der Waals surface area contributed by atoms with Crippen LogP contribution in [-0.4, -0.2) is 65.7 Å². The fourth-order valence-electron chi connectivity index (χ4n) is 4.35. The van der Waals surface area contributed by atoms with Gasteiger partial charge in [0.15, 0.2) is 11.5 Å². The molecule has 0 unspecified atom stereocenters. The zero-order valence-electron chi connectivity index (χ0n) is 19.1. The lowest BCUT2D eigenvalue weighted by molar-refractivity contribution is 0.0369. The van der Waals surface area contributed by atoms with Gasteiger partial charge in [-0.2, -0.15) is 0 Å². The van der Waals surface area contributed by atoms with Crippen molar-refractivity contribution in [3.05, 3.63) is 45.2 Å². The minimum absolute atomic E-state index is 0.306. The summed E-state index contributed by atoms with van der Waals surface area (Å²) >= 11 is 0. The Bertz CT molecular complexity index is 1230. The summed E-state index contributed by atoms with van der Waals surface area (Å²) in [6, 6.07) is 5.62. The zero-order chi connectivity index (χ0) is 22.8. The molecule has 0 aliphatic carbocycles. The first-order valence-electron chi connectivity index (χ1n) is 10.8. The molecule has 9 heteroatoms. The molecule has 1 aromatic carbocycles. The summed E-state index contributed by atoms with van der Waals surface area (Å²) in [4.78, 5) is 28.1. The number of hydrogen-bond donors (Lipinski definition) is 0. The van der Waals surface area contributed by atoms with E-state index in [4.69, 9.17) is 14.2 Å². The van der Waals surface area contributed by atoms with Gasteiger partial charge in [-0.05, 0) is 24.6 Å². The third-order valence-corrected chi connectivity index (χ3v) is 6.15. The maximum Gasteiger partial charge on any atom is 0.330 e. The lowest BCUT2D eigenvalue weighted by Gasteiger charge is -2.26. The summed E-state index contributed by atoms with van der Waals surface area (Å²) in [5, 5.41) is 0.521. The van der Waals surface area contributed by atoms with E-state index in [9.17, 15) is 9.59 Å². The highest BCUT2D eigenvalue weighted by atomic mass is 16.5. The fraction of sp³-hybridized carbons (Fsp3) is 0.478. The SMILES string of the molecule is COc1ccc(-c2c3c(=O)n(C)c(=O)n(C)c3cn2CCCN2CCOCC2)cc1OC. The Kier molecular flexibility index (Phi) is 6.38. The number of morpholine rings is 1. The third-order valence-electron chi connectivity index (χ3n) is 6.15. The van der Waals surface area contributed by atoms with Crippen LogP contribution in [0.4, 0.5) is 0 Å². The van der Waals surface area contributed by atoms with Gasteiger partial charge in [0, 0.05) is 52.0 Å². The Morgan fingerprint density at radius 3 is 2.38 bits per heavy atom. The van der Waals surface area contributed by atoms with E-state index < -0.39 is 0 Å². The number of aryl methyl sites for hydroxylation is 2. The molecule has 0 spiro atoms. The van der Waals surface area contributed by atoms with Crippen LogP contribution in [0.2, 0.25) is 0 Å². The Balaban J connectivity index is 1.82. The Morgan fingerprint density at radius 2 is 1.69 bits per heavy atom. The number of ether oxygens (including phenoxy) is 3. The molecule has 3 aromatic rings. The van der Waals surface area contributed by atoms with E-state index in [1.807, 2.05) is 24.4 Å². The van der Waals surface area contributed by atoms with Crippen LogP contribution in [-0.2, 0) is 25.4 Å². The molecule has 0 atom stereocenters. The summed E-state index contributed by atoms with van der Waals surface area (Å²) in [5.41, 5.74) is 1.58. The molecule has 0 N–H and O–H groups in total. The highest BCUT2D eigenvalue weighted by molar-refractivity contribution is 5.94. The van der Waals surface area contributed by atoms with Crippen molar-refractivity contribution in [1.29, 1.82) is 0 Å². The molecule has 9 nitrogen and oxygen atoms in total. The number of rotatable bonds is 7. The minimum atomic E-state index is -0.341. The molecular weight excluding hydrogens is 412 g/mol. The molecule has 0 radical (unpaired) electrons. The Hall–Kier alpha value is -3.04. The van der Waals surface area contributed by atoms with Crippen LogP contribution in [0.15, 0.2) is 34.0 Å². The van der Waals surface area contributed by atoms with Gasteiger partial charge in [0.05, 0.1) is 44.0 Å². The molecule has 32 heavy (non-hydrogen) atoms. The van der Waals surface area contributed by atoms with Crippen LogP contribution in [0.25, 0.3) is 22.2 Å². The van der Waals surface area contributed by atoms with E-state index in [-0.39, 0.29) is 11.2 Å². The van der Waals surface area contributed by atoms with E-state index in [2.05, 4.69) is 9.47 Å². The Morgan fingerprint density at radius 1 is 0.969 bits per heavy atom. The summed E-state index contributed by atoms with van der Waals surface area (Å²) in [6.45, 7) is 5.06. The van der Waals surface area contributed by atoms with Gasteiger partial charge in [0.25, 0.3) is 5.56 Å². The molecule has 1 fully saturated rings. The average Bonchev–Trinajstić information content (AvgIpc) is 3.21. The second-order valence-corrected chi connectivity index (χ2v) is 8.01. The lowest BCUT2D eigenvalue weighted by Crippen LogP contribution is -2.37. The summed E-state index contributed by atoms with van der Waals surface area (Å²) < 4.78 is 21.1. The van der Waals surface area contributed by atoms with Crippen molar-refractivity contribution < 1.29 is 14.2 Å². The van der Waals surface area contributed by atoms with Gasteiger partial charge < -0.3 is 18.8 Å². The predicted octanol–water partition coefficient (Wildman–Crippen LogP) is 1.45. The fourth-order valence-corrected chi connectivity index (χ4v) is 4.35.